The molecule has 0 unspecified atom stereocenters. The van der Waals surface area contributed by atoms with Crippen LogP contribution in [0.25, 0.3) is 23.1 Å². The number of hydrogen-bond donors (Lipinski definition) is 0. The zero-order chi connectivity index (χ0) is 15.7. The molecule has 0 saturated carbocycles. The molecule has 0 atom stereocenters. The molecule has 1 nitrogen and oxygen atoms in total. The first-order valence-corrected chi connectivity index (χ1v) is 7.12. The van der Waals surface area contributed by atoms with E-state index in [4.69, 9.17) is 11.6 Å². The van der Waals surface area contributed by atoms with Gasteiger partial charge in [0, 0.05) is 12.1 Å². The lowest BCUT2D eigenvalue weighted by Gasteiger charge is -2.08. The largest absolute Gasteiger partial charge is 0.248 e. The Hall–Kier alpha value is -2.26. The smallest absolute Gasteiger partial charge is 0.137 e. The van der Waals surface area contributed by atoms with Crippen molar-refractivity contribution in [1.29, 1.82) is 0 Å². The van der Waals surface area contributed by atoms with Gasteiger partial charge in [0.05, 0.1) is 21.6 Å². The van der Waals surface area contributed by atoms with Crippen molar-refractivity contribution in [3.8, 4) is 0 Å². The average molecular weight is 316 g/mol. The predicted octanol–water partition coefficient (Wildman–Crippen LogP) is 5.65. The van der Waals surface area contributed by atoms with Crippen LogP contribution in [0, 0.1) is 18.6 Å². The number of fused-ring (bicyclic) bond motifs is 1. The number of nitrogens with zero attached hydrogens (tertiary/aromatic N) is 1. The van der Waals surface area contributed by atoms with E-state index in [0.717, 1.165) is 11.6 Å². The fourth-order valence-electron chi connectivity index (χ4n) is 2.28. The van der Waals surface area contributed by atoms with Crippen molar-refractivity contribution in [3.05, 3.63) is 75.9 Å². The summed E-state index contributed by atoms with van der Waals surface area (Å²) < 4.78 is 27.3. The van der Waals surface area contributed by atoms with E-state index in [1.165, 1.54) is 6.07 Å². The molecule has 0 amide bonds. The highest BCUT2D eigenvalue weighted by Crippen LogP contribution is 2.31. The van der Waals surface area contributed by atoms with Gasteiger partial charge in [0.25, 0.3) is 0 Å². The molecule has 0 fully saturated rings. The lowest BCUT2D eigenvalue weighted by Crippen LogP contribution is -1.94. The average Bonchev–Trinajstić information content (AvgIpc) is 2.49. The molecule has 0 aliphatic carbocycles. The van der Waals surface area contributed by atoms with Gasteiger partial charge in [0.2, 0.25) is 0 Å². The van der Waals surface area contributed by atoms with Crippen molar-refractivity contribution in [2.75, 3.05) is 0 Å². The zero-order valence-corrected chi connectivity index (χ0v) is 12.5. The van der Waals surface area contributed by atoms with E-state index in [1.807, 2.05) is 36.4 Å². The van der Waals surface area contributed by atoms with E-state index in [0.29, 0.717) is 11.3 Å². The summed E-state index contributed by atoms with van der Waals surface area (Å²) in [7, 11) is 0. The Morgan fingerprint density at radius 1 is 1.05 bits per heavy atom. The van der Waals surface area contributed by atoms with E-state index in [2.05, 4.69) is 4.98 Å². The van der Waals surface area contributed by atoms with Gasteiger partial charge in [-0.05, 0) is 24.1 Å². The van der Waals surface area contributed by atoms with E-state index in [-0.39, 0.29) is 15.9 Å². The number of benzene rings is 2. The van der Waals surface area contributed by atoms with Crippen LogP contribution in [-0.2, 0) is 0 Å². The van der Waals surface area contributed by atoms with Crippen LogP contribution in [0.5, 0.6) is 0 Å². The Bertz CT molecular complexity index is 873. The summed E-state index contributed by atoms with van der Waals surface area (Å²) in [6.45, 7) is 1.77. The molecular formula is C18H12ClF2N. The topological polar surface area (TPSA) is 12.9 Å². The van der Waals surface area contributed by atoms with Crippen LogP contribution in [0.15, 0.2) is 42.5 Å². The van der Waals surface area contributed by atoms with E-state index >= 15 is 0 Å². The maximum absolute atomic E-state index is 13.9. The number of pyridine rings is 1. The Balaban J connectivity index is 2.15. The van der Waals surface area contributed by atoms with Gasteiger partial charge in [-0.3, -0.25) is 0 Å². The third-order valence-electron chi connectivity index (χ3n) is 3.44. The molecular weight excluding hydrogens is 304 g/mol. The molecule has 110 valence electrons. The molecule has 0 spiro atoms. The predicted molar refractivity (Wildman–Crippen MR) is 86.8 cm³/mol. The first-order chi connectivity index (χ1) is 10.6. The molecule has 1 heterocycles. The van der Waals surface area contributed by atoms with E-state index in [9.17, 15) is 8.78 Å². The third kappa shape index (κ3) is 2.72. The van der Waals surface area contributed by atoms with Crippen LogP contribution in [0.2, 0.25) is 5.02 Å². The Morgan fingerprint density at radius 3 is 2.50 bits per heavy atom. The molecule has 0 aliphatic heterocycles. The fraction of sp³-hybridized carbons (Fsp3) is 0.0556. The lowest BCUT2D eigenvalue weighted by atomic mass is 10.1. The molecule has 0 N–H and O–H groups in total. The number of halogens is 3. The minimum Gasteiger partial charge on any atom is -0.248 e. The van der Waals surface area contributed by atoms with E-state index in [1.54, 1.807) is 13.0 Å². The molecule has 1 aromatic heterocycles. The summed E-state index contributed by atoms with van der Waals surface area (Å²) in [6, 6.07) is 11.7. The summed E-state index contributed by atoms with van der Waals surface area (Å²) in [5, 5.41) is 0.410. The van der Waals surface area contributed by atoms with Crippen molar-refractivity contribution in [3.63, 3.8) is 0 Å². The van der Waals surface area contributed by atoms with Gasteiger partial charge in [-0.15, -0.1) is 0 Å². The van der Waals surface area contributed by atoms with Gasteiger partial charge in [-0.25, -0.2) is 13.8 Å². The summed E-state index contributed by atoms with van der Waals surface area (Å²) in [5.74, 6) is -1.37. The second-order valence-corrected chi connectivity index (χ2v) is 5.34. The SMILES string of the molecule is Cc1c(/C=C/c2ccccc2)nc2cc(F)cc(F)c2c1Cl. The Kier molecular flexibility index (Phi) is 3.90. The van der Waals surface area contributed by atoms with Crippen LogP contribution >= 0.6 is 11.6 Å². The van der Waals surface area contributed by atoms with Crippen molar-refractivity contribution in [2.45, 2.75) is 6.92 Å². The normalized spacial score (nSPS) is 11.5. The summed E-state index contributed by atoms with van der Waals surface area (Å²) in [6.07, 6.45) is 3.67. The first kappa shape index (κ1) is 14.7. The lowest BCUT2D eigenvalue weighted by molar-refractivity contribution is 0.591. The maximum atomic E-state index is 13.9. The standard InChI is InChI=1S/C18H12ClF2N/c1-11-15(8-7-12-5-3-2-4-6-12)22-16-10-13(20)9-14(21)17(16)18(11)19/h2-10H,1H3/b8-7+. The maximum Gasteiger partial charge on any atom is 0.137 e. The molecule has 0 radical (unpaired) electrons. The molecule has 3 aromatic rings. The highest BCUT2D eigenvalue weighted by Gasteiger charge is 2.13. The summed E-state index contributed by atoms with van der Waals surface area (Å²) in [4.78, 5) is 4.32. The van der Waals surface area contributed by atoms with Crippen LogP contribution in [0.4, 0.5) is 8.78 Å². The van der Waals surface area contributed by atoms with Gasteiger partial charge in [-0.1, -0.05) is 48.0 Å². The molecule has 0 aliphatic rings. The monoisotopic (exact) mass is 315 g/mol. The van der Waals surface area contributed by atoms with Crippen molar-refractivity contribution in [1.82, 2.24) is 4.98 Å². The molecule has 0 bridgehead atoms. The zero-order valence-electron chi connectivity index (χ0n) is 11.8. The Morgan fingerprint density at radius 2 is 1.77 bits per heavy atom. The van der Waals surface area contributed by atoms with Gasteiger partial charge < -0.3 is 0 Å². The minimum atomic E-state index is -0.700. The Labute approximate surface area is 131 Å². The van der Waals surface area contributed by atoms with E-state index < -0.39 is 11.6 Å². The first-order valence-electron chi connectivity index (χ1n) is 6.74. The molecule has 22 heavy (non-hydrogen) atoms. The van der Waals surface area contributed by atoms with Crippen LogP contribution in [0.3, 0.4) is 0 Å². The van der Waals surface area contributed by atoms with Crippen LogP contribution < -0.4 is 0 Å². The number of aromatic nitrogens is 1. The third-order valence-corrected chi connectivity index (χ3v) is 3.91. The van der Waals surface area contributed by atoms with Crippen molar-refractivity contribution in [2.24, 2.45) is 0 Å². The van der Waals surface area contributed by atoms with Crippen LogP contribution in [-0.4, -0.2) is 4.98 Å². The van der Waals surface area contributed by atoms with Gasteiger partial charge in [0.15, 0.2) is 0 Å². The minimum absolute atomic E-state index is 0.150. The quantitative estimate of drug-likeness (QED) is 0.596. The summed E-state index contributed by atoms with van der Waals surface area (Å²) >= 11 is 6.23. The number of rotatable bonds is 2. The van der Waals surface area contributed by atoms with Gasteiger partial charge in [-0.2, -0.15) is 0 Å². The number of hydrogen-bond acceptors (Lipinski definition) is 1. The summed E-state index contributed by atoms with van der Waals surface area (Å²) in [5.41, 5.74) is 2.46. The van der Waals surface area contributed by atoms with Crippen molar-refractivity contribution >= 4 is 34.7 Å². The van der Waals surface area contributed by atoms with Gasteiger partial charge >= 0.3 is 0 Å². The highest BCUT2D eigenvalue weighted by atomic mass is 35.5. The fourth-order valence-corrected chi connectivity index (χ4v) is 2.56. The molecule has 0 saturated heterocycles. The van der Waals surface area contributed by atoms with Gasteiger partial charge in [0.1, 0.15) is 11.6 Å². The molecule has 4 heteroatoms. The molecule has 3 rings (SSSR count). The van der Waals surface area contributed by atoms with Crippen molar-refractivity contribution < 1.29 is 8.78 Å². The second-order valence-electron chi connectivity index (χ2n) is 4.96. The second kappa shape index (κ2) is 5.85. The van der Waals surface area contributed by atoms with Crippen LogP contribution in [0.1, 0.15) is 16.8 Å². The molecule has 2 aromatic carbocycles. The highest BCUT2D eigenvalue weighted by molar-refractivity contribution is 6.36.